The highest BCUT2D eigenvalue weighted by Gasteiger charge is 2.50. The predicted octanol–water partition coefficient (Wildman–Crippen LogP) is 6.55. The predicted molar refractivity (Wildman–Crippen MR) is 178 cm³/mol. The first-order valence-corrected chi connectivity index (χ1v) is 19.4. The largest absolute Gasteiger partial charge is 0.444 e. The maximum absolute atomic E-state index is 13.6. The van der Waals surface area contributed by atoms with Gasteiger partial charge in [-0.3, -0.25) is 0 Å². The van der Waals surface area contributed by atoms with Gasteiger partial charge in [0.1, 0.15) is 11.6 Å². The van der Waals surface area contributed by atoms with E-state index in [9.17, 15) is 18.0 Å². The zero-order valence-corrected chi connectivity index (χ0v) is 30.9. The van der Waals surface area contributed by atoms with E-state index in [1.54, 1.807) is 9.96 Å². The van der Waals surface area contributed by atoms with Crippen molar-refractivity contribution in [2.75, 3.05) is 26.2 Å². The average molecular weight is 699 g/mol. The number of hydrogen-bond acceptors (Lipinski definition) is 11. The molecule has 3 amide bonds. The Hall–Kier alpha value is -2.49. The highest BCUT2D eigenvalue weighted by atomic mass is 32.3. The summed E-state index contributed by atoms with van der Waals surface area (Å²) in [5.41, 5.74) is -0.986. The molecule has 48 heavy (non-hydrogen) atoms. The number of ether oxygens (including phenoxy) is 1. The topological polar surface area (TPSA) is 148 Å². The van der Waals surface area contributed by atoms with Gasteiger partial charge < -0.3 is 19.0 Å². The lowest BCUT2D eigenvalue weighted by Gasteiger charge is -2.43. The molecule has 3 aliphatic heterocycles. The van der Waals surface area contributed by atoms with E-state index in [0.29, 0.717) is 50.7 Å². The molecule has 274 valence electrons. The average Bonchev–Trinajstić information content (AvgIpc) is 3.56. The highest BCUT2D eigenvalue weighted by molar-refractivity contribution is 7.81. The lowest BCUT2D eigenvalue weighted by Crippen LogP contribution is -2.52. The van der Waals surface area contributed by atoms with Crippen LogP contribution in [0.1, 0.15) is 143 Å². The SMILES string of the molecule is CCCCN(OS(=O)(=O)ON1C(=O)N2C[C@@H]1CC[C@H]2c1nnc(CC2CN(C(=O)OC(C)(C)C)C2)o1)C(CCC)(CCCC)CCCC. The number of nitrogens with zero attached hydrogens (tertiary/aromatic N) is 6. The fourth-order valence-electron chi connectivity index (χ4n) is 7.00. The normalized spacial score (nSPS) is 20.6. The number of fused-ring (bicyclic) bond motifs is 2. The van der Waals surface area contributed by atoms with E-state index in [2.05, 4.69) is 37.9 Å². The van der Waals surface area contributed by atoms with Crippen LogP contribution in [0.2, 0.25) is 0 Å². The number of aromatic nitrogens is 2. The molecule has 0 radical (unpaired) electrons. The number of likely N-dealkylation sites (tertiary alicyclic amines) is 1. The van der Waals surface area contributed by atoms with E-state index < -0.39 is 39.7 Å². The summed E-state index contributed by atoms with van der Waals surface area (Å²) in [5.74, 6) is 0.912. The molecule has 1 aromatic heterocycles. The summed E-state index contributed by atoms with van der Waals surface area (Å²) >= 11 is 0. The zero-order chi connectivity index (χ0) is 35.1. The van der Waals surface area contributed by atoms with Gasteiger partial charge in [-0.2, -0.15) is 22.8 Å². The van der Waals surface area contributed by atoms with Crippen LogP contribution in [-0.2, 0) is 30.1 Å². The maximum atomic E-state index is 13.6. The van der Waals surface area contributed by atoms with Gasteiger partial charge in [-0.25, -0.2) is 9.59 Å². The smallest absolute Gasteiger partial charge is 0.437 e. The maximum Gasteiger partial charge on any atom is 0.437 e. The first-order valence-electron chi connectivity index (χ1n) is 18.1. The molecule has 4 heterocycles. The van der Waals surface area contributed by atoms with Crippen LogP contribution >= 0.6 is 0 Å². The molecule has 15 heteroatoms. The third kappa shape index (κ3) is 9.60. The van der Waals surface area contributed by atoms with Crippen molar-refractivity contribution in [2.24, 2.45) is 5.92 Å². The molecule has 0 aliphatic carbocycles. The molecule has 0 N–H and O–H groups in total. The first-order chi connectivity index (χ1) is 22.7. The lowest BCUT2D eigenvalue weighted by atomic mass is 9.82. The van der Waals surface area contributed by atoms with Crippen molar-refractivity contribution in [3.05, 3.63) is 11.8 Å². The third-order valence-electron chi connectivity index (χ3n) is 9.47. The second-order valence-electron chi connectivity index (χ2n) is 14.7. The molecular weight excluding hydrogens is 640 g/mol. The Morgan fingerprint density at radius 3 is 2.21 bits per heavy atom. The molecule has 0 unspecified atom stereocenters. The summed E-state index contributed by atoms with van der Waals surface area (Å²) in [7, 11) is -4.61. The molecule has 0 saturated carbocycles. The van der Waals surface area contributed by atoms with Crippen molar-refractivity contribution in [3.8, 4) is 0 Å². The molecule has 3 saturated heterocycles. The summed E-state index contributed by atoms with van der Waals surface area (Å²) in [6, 6.07) is -1.51. The minimum absolute atomic E-state index is 0.168. The Balaban J connectivity index is 1.39. The molecule has 0 spiro atoms. The summed E-state index contributed by atoms with van der Waals surface area (Å²) < 4.78 is 49.8. The summed E-state index contributed by atoms with van der Waals surface area (Å²) in [6.07, 6.45) is 10.1. The van der Waals surface area contributed by atoms with Gasteiger partial charge in [-0.05, 0) is 59.3 Å². The minimum Gasteiger partial charge on any atom is -0.444 e. The van der Waals surface area contributed by atoms with Crippen molar-refractivity contribution < 1.29 is 35.7 Å². The monoisotopic (exact) mass is 698 g/mol. The standard InChI is InChI=1S/C33H58N6O8S/c1-8-12-18-33(17-11-4,19-13-9-2)38(20-14-10-3)46-48(42,43)47-39-26-15-16-27(37(24-26)30(39)40)29-35-34-28(44-29)21-25-22-36(23-25)31(41)45-32(5,6)7/h25-27H,8-24H2,1-7H3/t26-,27-/m0/s1. The van der Waals surface area contributed by atoms with E-state index in [1.807, 2.05) is 20.8 Å². The minimum atomic E-state index is -4.61. The molecule has 2 bridgehead atoms. The van der Waals surface area contributed by atoms with Gasteiger partial charge in [-0.1, -0.05) is 66.2 Å². The first kappa shape index (κ1) is 38.3. The van der Waals surface area contributed by atoms with Crippen LogP contribution in [0.5, 0.6) is 0 Å². The fourth-order valence-corrected chi connectivity index (χ4v) is 7.86. The zero-order valence-electron chi connectivity index (χ0n) is 30.1. The van der Waals surface area contributed by atoms with Crippen LogP contribution in [0.3, 0.4) is 0 Å². The van der Waals surface area contributed by atoms with Gasteiger partial charge in [0, 0.05) is 44.1 Å². The number of urea groups is 1. The number of hydroxylamine groups is 4. The Bertz CT molecular complexity index is 1300. The number of amides is 3. The van der Waals surface area contributed by atoms with E-state index in [1.165, 1.54) is 4.90 Å². The number of carbonyl (C=O) groups is 2. The summed E-state index contributed by atoms with van der Waals surface area (Å²) in [5, 5.41) is 11.1. The molecule has 4 rings (SSSR count). The number of carbonyl (C=O) groups excluding carboxylic acids is 2. The second-order valence-corrected chi connectivity index (χ2v) is 15.8. The fraction of sp³-hybridized carbons (Fsp3) is 0.879. The van der Waals surface area contributed by atoms with Crippen LogP contribution in [-0.4, -0.2) is 94.0 Å². The molecule has 3 fully saturated rings. The summed E-state index contributed by atoms with van der Waals surface area (Å²) in [6.45, 7) is 15.8. The van der Waals surface area contributed by atoms with Crippen molar-refractivity contribution in [1.82, 2.24) is 30.1 Å². The third-order valence-corrected chi connectivity index (χ3v) is 10.2. The highest BCUT2D eigenvalue weighted by Crippen LogP contribution is 2.40. The van der Waals surface area contributed by atoms with Crippen LogP contribution in [0.15, 0.2) is 4.42 Å². The Labute approximate surface area is 287 Å². The van der Waals surface area contributed by atoms with Gasteiger partial charge in [0.05, 0.1) is 6.04 Å². The molecular formula is C33H58N6O8S. The number of hydrogen-bond donors (Lipinski definition) is 0. The number of rotatable bonds is 19. The second kappa shape index (κ2) is 16.5. The van der Waals surface area contributed by atoms with Crippen molar-refractivity contribution in [3.63, 3.8) is 0 Å². The Morgan fingerprint density at radius 1 is 0.938 bits per heavy atom. The van der Waals surface area contributed by atoms with E-state index >= 15 is 0 Å². The molecule has 1 aromatic rings. The molecule has 3 aliphatic rings. The van der Waals surface area contributed by atoms with Crippen LogP contribution in [0.25, 0.3) is 0 Å². The van der Waals surface area contributed by atoms with Crippen LogP contribution in [0, 0.1) is 5.92 Å². The number of unbranched alkanes of at least 4 members (excludes halogenated alkanes) is 3. The van der Waals surface area contributed by atoms with Gasteiger partial charge >= 0.3 is 22.5 Å². The van der Waals surface area contributed by atoms with Crippen LogP contribution < -0.4 is 0 Å². The molecule has 0 aromatic carbocycles. The van der Waals surface area contributed by atoms with Gasteiger partial charge in [-0.15, -0.1) is 14.5 Å². The quantitative estimate of drug-likeness (QED) is 0.145. The number of piperidine rings is 1. The summed E-state index contributed by atoms with van der Waals surface area (Å²) in [4.78, 5) is 29.0. The molecule has 14 nitrogen and oxygen atoms in total. The lowest BCUT2D eigenvalue weighted by molar-refractivity contribution is -0.172. The van der Waals surface area contributed by atoms with Gasteiger partial charge in [0.15, 0.2) is 0 Å². The van der Waals surface area contributed by atoms with Crippen LogP contribution in [0.4, 0.5) is 9.59 Å². The van der Waals surface area contributed by atoms with E-state index in [-0.39, 0.29) is 18.6 Å². The van der Waals surface area contributed by atoms with Crippen molar-refractivity contribution in [1.29, 1.82) is 0 Å². The van der Waals surface area contributed by atoms with Crippen molar-refractivity contribution >= 4 is 22.5 Å². The van der Waals surface area contributed by atoms with Crippen molar-refractivity contribution in [2.45, 2.75) is 155 Å². The molecule has 2 atom stereocenters. The van der Waals surface area contributed by atoms with Gasteiger partial charge in [0.25, 0.3) is 0 Å². The van der Waals surface area contributed by atoms with Gasteiger partial charge in [0.2, 0.25) is 11.8 Å². The van der Waals surface area contributed by atoms with E-state index in [0.717, 1.165) is 69.3 Å². The Kier molecular flexibility index (Phi) is 13.2. The Morgan fingerprint density at radius 2 is 1.60 bits per heavy atom. The van der Waals surface area contributed by atoms with E-state index in [4.69, 9.17) is 17.7 Å².